The molecule has 1 nitrogen and oxygen atoms in total. The molecule has 0 bridgehead atoms. The van der Waals surface area contributed by atoms with Crippen LogP contribution in [0.4, 0.5) is 18.9 Å². The van der Waals surface area contributed by atoms with Crippen LogP contribution in [-0.2, 0) is 6.18 Å². The molecule has 4 heteroatoms. The minimum atomic E-state index is -4.29. The van der Waals surface area contributed by atoms with Gasteiger partial charge >= 0.3 is 6.18 Å². The summed E-state index contributed by atoms with van der Waals surface area (Å²) in [6.45, 7) is 0.453. The van der Waals surface area contributed by atoms with Crippen molar-refractivity contribution in [3.05, 3.63) is 35.4 Å². The van der Waals surface area contributed by atoms with Crippen LogP contribution in [0, 0.1) is 0 Å². The highest BCUT2D eigenvalue weighted by Crippen LogP contribution is 2.33. The van der Waals surface area contributed by atoms with Crippen molar-refractivity contribution in [1.29, 1.82) is 0 Å². The summed E-state index contributed by atoms with van der Waals surface area (Å²) in [5.74, 6) is 0. The fourth-order valence-corrected chi connectivity index (χ4v) is 1.33. The van der Waals surface area contributed by atoms with Gasteiger partial charge in [0.05, 0.1) is 17.8 Å². The molecule has 0 unspecified atom stereocenters. The van der Waals surface area contributed by atoms with E-state index in [0.29, 0.717) is 12.2 Å². The Morgan fingerprint density at radius 2 is 2.00 bits per heavy atom. The summed E-state index contributed by atoms with van der Waals surface area (Å²) in [4.78, 5) is 0. The van der Waals surface area contributed by atoms with E-state index in [1.807, 2.05) is 6.08 Å². The molecular formula is C10H7F3N. The van der Waals surface area contributed by atoms with Crippen LogP contribution in [0.25, 0.3) is 6.08 Å². The van der Waals surface area contributed by atoms with E-state index in [2.05, 4.69) is 5.32 Å². The first-order valence-corrected chi connectivity index (χ1v) is 4.13. The molecule has 0 amide bonds. The first-order valence-electron chi connectivity index (χ1n) is 4.13. The summed E-state index contributed by atoms with van der Waals surface area (Å²) >= 11 is 0. The molecule has 1 aromatic rings. The summed E-state index contributed by atoms with van der Waals surface area (Å²) in [6, 6.07) is 3.60. The molecular weight excluding hydrogens is 191 g/mol. The third-order valence-corrected chi connectivity index (χ3v) is 2.02. The second-order valence-electron chi connectivity index (χ2n) is 3.01. The van der Waals surface area contributed by atoms with E-state index < -0.39 is 11.7 Å². The highest BCUT2D eigenvalue weighted by molar-refractivity contribution is 5.66. The van der Waals surface area contributed by atoms with Gasteiger partial charge in [-0.3, -0.25) is 5.32 Å². The van der Waals surface area contributed by atoms with Crippen LogP contribution in [0.3, 0.4) is 0 Å². The van der Waals surface area contributed by atoms with Crippen LogP contribution in [0.1, 0.15) is 11.1 Å². The molecule has 1 radical (unpaired) electrons. The Balaban J connectivity index is 2.45. The van der Waals surface area contributed by atoms with Crippen LogP contribution < -0.4 is 5.32 Å². The summed E-state index contributed by atoms with van der Waals surface area (Å²) in [6.07, 6.45) is -0.691. The van der Waals surface area contributed by atoms with Crippen LogP contribution in [0.15, 0.2) is 24.3 Å². The van der Waals surface area contributed by atoms with E-state index >= 15 is 0 Å². The largest absolute Gasteiger partial charge is 0.416 e. The minimum Gasteiger partial charge on any atom is -0.281 e. The molecule has 0 spiro atoms. The van der Waals surface area contributed by atoms with Crippen molar-refractivity contribution in [2.45, 2.75) is 6.18 Å². The zero-order valence-corrected chi connectivity index (χ0v) is 7.17. The number of hydrogen-bond donors (Lipinski definition) is 0. The van der Waals surface area contributed by atoms with Crippen LogP contribution >= 0.6 is 0 Å². The average molecular weight is 198 g/mol. The number of halogens is 3. The lowest BCUT2D eigenvalue weighted by molar-refractivity contribution is -0.137. The Kier molecular flexibility index (Phi) is 1.98. The van der Waals surface area contributed by atoms with E-state index in [1.165, 1.54) is 6.07 Å². The number of nitrogens with zero attached hydrogens (tertiary/aromatic N) is 1. The van der Waals surface area contributed by atoms with Gasteiger partial charge in [-0.1, -0.05) is 18.2 Å². The van der Waals surface area contributed by atoms with Crippen molar-refractivity contribution in [3.8, 4) is 0 Å². The number of fused-ring (bicyclic) bond motifs is 1. The van der Waals surface area contributed by atoms with Crippen molar-refractivity contribution in [1.82, 2.24) is 5.32 Å². The van der Waals surface area contributed by atoms with Crippen molar-refractivity contribution < 1.29 is 13.2 Å². The van der Waals surface area contributed by atoms with Crippen LogP contribution in [0.2, 0.25) is 0 Å². The molecule has 1 aliphatic rings. The average Bonchev–Trinajstić information content (AvgIpc) is 2.16. The van der Waals surface area contributed by atoms with E-state index in [-0.39, 0.29) is 0 Å². The van der Waals surface area contributed by atoms with Gasteiger partial charge in [0.25, 0.3) is 0 Å². The molecule has 14 heavy (non-hydrogen) atoms. The smallest absolute Gasteiger partial charge is 0.281 e. The Morgan fingerprint density at radius 3 is 2.71 bits per heavy atom. The Morgan fingerprint density at radius 1 is 1.21 bits per heavy atom. The third-order valence-electron chi connectivity index (χ3n) is 2.02. The van der Waals surface area contributed by atoms with Gasteiger partial charge in [-0.2, -0.15) is 13.2 Å². The van der Waals surface area contributed by atoms with Crippen LogP contribution in [0.5, 0.6) is 0 Å². The molecule has 1 heterocycles. The molecule has 0 saturated carbocycles. The maximum absolute atomic E-state index is 12.3. The van der Waals surface area contributed by atoms with Crippen molar-refractivity contribution >= 4 is 11.8 Å². The van der Waals surface area contributed by atoms with Crippen molar-refractivity contribution in [2.24, 2.45) is 0 Å². The topological polar surface area (TPSA) is 14.1 Å². The lowest BCUT2D eigenvalue weighted by Gasteiger charge is -2.13. The fraction of sp³-hybridized carbons (Fsp3) is 0.200. The predicted octanol–water partition coefficient (Wildman–Crippen LogP) is 2.97. The standard InChI is InChI=1S/C10H7F3N/c11-10(12,13)8-4-3-7-2-1-5-14-9(7)6-8/h1-4,6H,5H2. The van der Waals surface area contributed by atoms with Gasteiger partial charge < -0.3 is 0 Å². The second-order valence-corrected chi connectivity index (χ2v) is 3.01. The highest BCUT2D eigenvalue weighted by atomic mass is 19.4. The summed E-state index contributed by atoms with van der Waals surface area (Å²) in [5, 5.41) is 3.98. The monoisotopic (exact) mass is 198 g/mol. The zero-order chi connectivity index (χ0) is 10.2. The Labute approximate surface area is 79.2 Å². The van der Waals surface area contributed by atoms with Crippen molar-refractivity contribution in [3.63, 3.8) is 0 Å². The third kappa shape index (κ3) is 1.60. The van der Waals surface area contributed by atoms with Gasteiger partial charge in [0, 0.05) is 0 Å². The van der Waals surface area contributed by atoms with Gasteiger partial charge in [-0.05, 0) is 17.7 Å². The zero-order valence-electron chi connectivity index (χ0n) is 7.17. The lowest BCUT2D eigenvalue weighted by atomic mass is 10.1. The molecule has 0 N–H and O–H groups in total. The summed E-state index contributed by atoms with van der Waals surface area (Å²) in [5.41, 5.74) is 0.516. The minimum absolute atomic E-state index is 0.419. The molecule has 1 aliphatic heterocycles. The molecule has 0 aliphatic carbocycles. The Hall–Kier alpha value is -1.45. The summed E-state index contributed by atoms with van der Waals surface area (Å²) in [7, 11) is 0. The first kappa shape index (κ1) is 9.12. The molecule has 0 saturated heterocycles. The molecule has 0 aromatic heterocycles. The normalized spacial score (nSPS) is 14.8. The number of benzene rings is 1. The molecule has 1 aromatic carbocycles. The maximum Gasteiger partial charge on any atom is 0.416 e. The Bertz CT molecular complexity index is 379. The van der Waals surface area contributed by atoms with Crippen molar-refractivity contribution in [2.75, 3.05) is 6.54 Å². The van der Waals surface area contributed by atoms with E-state index in [1.54, 1.807) is 6.08 Å². The lowest BCUT2D eigenvalue weighted by Crippen LogP contribution is -2.08. The second kappa shape index (κ2) is 3.04. The quantitative estimate of drug-likeness (QED) is 0.608. The maximum atomic E-state index is 12.3. The fourth-order valence-electron chi connectivity index (χ4n) is 1.33. The van der Waals surface area contributed by atoms with E-state index in [9.17, 15) is 13.2 Å². The van der Waals surface area contributed by atoms with E-state index in [4.69, 9.17) is 0 Å². The molecule has 2 rings (SSSR count). The van der Waals surface area contributed by atoms with Gasteiger partial charge in [0.2, 0.25) is 0 Å². The van der Waals surface area contributed by atoms with Gasteiger partial charge in [0.15, 0.2) is 0 Å². The number of hydrogen-bond acceptors (Lipinski definition) is 0. The van der Waals surface area contributed by atoms with Gasteiger partial charge in [-0.15, -0.1) is 0 Å². The van der Waals surface area contributed by atoms with E-state index in [0.717, 1.165) is 17.7 Å². The predicted molar refractivity (Wildman–Crippen MR) is 47.1 cm³/mol. The highest BCUT2D eigenvalue weighted by Gasteiger charge is 2.31. The number of rotatable bonds is 0. The van der Waals surface area contributed by atoms with Gasteiger partial charge in [0.1, 0.15) is 0 Å². The SMILES string of the molecule is FC(F)(F)c1ccc2c(c1)[N]CC=C2. The number of alkyl halides is 3. The summed E-state index contributed by atoms with van der Waals surface area (Å²) < 4.78 is 36.9. The molecule has 0 fully saturated rings. The van der Waals surface area contributed by atoms with Crippen LogP contribution in [-0.4, -0.2) is 6.54 Å². The molecule has 73 valence electrons. The first-order chi connectivity index (χ1) is 6.57. The van der Waals surface area contributed by atoms with Gasteiger partial charge in [-0.25, -0.2) is 0 Å². The molecule has 0 atom stereocenters.